The third-order valence-corrected chi connectivity index (χ3v) is 13.3. The summed E-state index contributed by atoms with van der Waals surface area (Å²) in [4.78, 5) is 10.8. The molecule has 3 heterocycles. The topological polar surface area (TPSA) is 35.6 Å². The first-order chi connectivity index (χ1) is 30.0. The van der Waals surface area contributed by atoms with E-state index in [2.05, 4.69) is 217 Å². The molecule has 9 aromatic carbocycles. The summed E-state index contributed by atoms with van der Waals surface area (Å²) in [6.07, 6.45) is 0. The van der Waals surface area contributed by atoms with Gasteiger partial charge in [0.05, 0.1) is 33.3 Å². The second kappa shape index (κ2) is 12.6. The van der Waals surface area contributed by atoms with E-state index in [1.54, 1.807) is 0 Å². The Morgan fingerprint density at radius 1 is 0.393 bits per heavy atom. The zero-order valence-electron chi connectivity index (χ0n) is 33.8. The van der Waals surface area contributed by atoms with Crippen molar-refractivity contribution in [3.8, 4) is 45.1 Å². The van der Waals surface area contributed by atoms with Crippen molar-refractivity contribution in [1.29, 1.82) is 0 Å². The number of benzene rings is 9. The maximum Gasteiger partial charge on any atom is 0.235 e. The van der Waals surface area contributed by atoms with Gasteiger partial charge < -0.3 is 4.57 Å². The van der Waals surface area contributed by atoms with Crippen molar-refractivity contribution in [2.24, 2.45) is 0 Å². The molecule has 286 valence electrons. The van der Waals surface area contributed by atoms with E-state index in [1.165, 1.54) is 76.7 Å². The summed E-state index contributed by atoms with van der Waals surface area (Å²) in [5, 5.41) is 8.40. The number of hydrogen-bond acceptors (Lipinski definition) is 2. The first kappa shape index (κ1) is 34.1. The van der Waals surface area contributed by atoms with Crippen LogP contribution in [-0.4, -0.2) is 19.1 Å². The van der Waals surface area contributed by atoms with Crippen molar-refractivity contribution in [3.63, 3.8) is 0 Å². The molecule has 13 rings (SSSR count). The highest BCUT2D eigenvalue weighted by Gasteiger charge is 2.35. The smallest absolute Gasteiger partial charge is 0.235 e. The molecule has 12 aromatic rings. The predicted octanol–water partition coefficient (Wildman–Crippen LogP) is 14.6. The predicted molar refractivity (Wildman–Crippen MR) is 254 cm³/mol. The third-order valence-electron chi connectivity index (χ3n) is 13.3. The van der Waals surface area contributed by atoms with Gasteiger partial charge in [0.2, 0.25) is 5.95 Å². The lowest BCUT2D eigenvalue weighted by Crippen LogP contribution is -2.15. The van der Waals surface area contributed by atoms with E-state index in [0.29, 0.717) is 5.95 Å². The van der Waals surface area contributed by atoms with Gasteiger partial charge in [-0.2, -0.15) is 0 Å². The summed E-state index contributed by atoms with van der Waals surface area (Å²) >= 11 is 0. The molecule has 0 N–H and O–H groups in total. The van der Waals surface area contributed by atoms with Gasteiger partial charge in [0.25, 0.3) is 0 Å². The highest BCUT2D eigenvalue weighted by atomic mass is 15.2. The van der Waals surface area contributed by atoms with E-state index >= 15 is 0 Å². The summed E-state index contributed by atoms with van der Waals surface area (Å²) in [6.45, 7) is 4.67. The number of hydrogen-bond donors (Lipinski definition) is 0. The van der Waals surface area contributed by atoms with Crippen LogP contribution in [-0.2, 0) is 5.41 Å². The molecule has 4 nitrogen and oxygen atoms in total. The molecule has 0 amide bonds. The molecule has 0 bridgehead atoms. The Hall–Kier alpha value is -7.82. The molecule has 0 atom stereocenters. The van der Waals surface area contributed by atoms with Crippen LogP contribution in [0, 0.1) is 0 Å². The highest BCUT2D eigenvalue weighted by Crippen LogP contribution is 2.50. The van der Waals surface area contributed by atoms with E-state index in [1.807, 2.05) is 0 Å². The maximum absolute atomic E-state index is 5.48. The molecule has 0 saturated heterocycles. The average molecular weight is 779 g/mol. The van der Waals surface area contributed by atoms with Crippen molar-refractivity contribution in [3.05, 3.63) is 205 Å². The summed E-state index contributed by atoms with van der Waals surface area (Å²) in [5.74, 6) is 0.665. The molecule has 0 saturated carbocycles. The van der Waals surface area contributed by atoms with Gasteiger partial charge in [0.15, 0.2) is 0 Å². The summed E-state index contributed by atoms with van der Waals surface area (Å²) in [6, 6.07) is 70.6. The standard InChI is InChI=1S/C57H38N4/c1-57(2)47-21-11-8-18-41(47)42-28-24-38(34-48(42)57)55-44-20-9-12-22-49(44)58-56(59-55)61-50-23-13-10-19-43(50)45-32-36(26-29-51(45)61)37-27-30-52-46(33-37)54-40-17-7-6-14-35(40)25-31-53(54)60(52)39-15-4-3-5-16-39/h3-34H,1-2H3. The SMILES string of the molecule is CC1(C)c2ccccc2-c2ccc(-c3nc(-n4c5ccccc5c5cc(-c6ccc7c(c6)c6c8ccccc8ccc6n7-c6ccccc6)ccc54)nc4ccccc34)cc21. The van der Waals surface area contributed by atoms with Crippen molar-refractivity contribution < 1.29 is 0 Å². The van der Waals surface area contributed by atoms with Gasteiger partial charge in [-0.1, -0.05) is 147 Å². The lowest BCUT2D eigenvalue weighted by atomic mass is 9.82. The molecule has 0 radical (unpaired) electrons. The van der Waals surface area contributed by atoms with E-state index in [9.17, 15) is 0 Å². The summed E-state index contributed by atoms with van der Waals surface area (Å²) in [7, 11) is 0. The van der Waals surface area contributed by atoms with E-state index in [4.69, 9.17) is 9.97 Å². The molecule has 1 aliphatic carbocycles. The number of fused-ring (bicyclic) bond motifs is 12. The van der Waals surface area contributed by atoms with E-state index in [-0.39, 0.29) is 5.41 Å². The quantitative estimate of drug-likeness (QED) is 0.178. The molecule has 0 fully saturated rings. The Morgan fingerprint density at radius 3 is 1.87 bits per heavy atom. The van der Waals surface area contributed by atoms with Crippen LogP contribution in [0.5, 0.6) is 0 Å². The third kappa shape index (κ3) is 4.87. The monoisotopic (exact) mass is 778 g/mol. The highest BCUT2D eigenvalue weighted by molar-refractivity contribution is 6.22. The minimum absolute atomic E-state index is 0.116. The fourth-order valence-electron chi connectivity index (χ4n) is 10.4. The Balaban J connectivity index is 0.999. The minimum Gasteiger partial charge on any atom is -0.309 e. The number of rotatable bonds is 4. The van der Waals surface area contributed by atoms with Gasteiger partial charge >= 0.3 is 0 Å². The molecule has 0 aliphatic heterocycles. The average Bonchev–Trinajstić information content (AvgIpc) is 3.91. The van der Waals surface area contributed by atoms with Crippen molar-refractivity contribution in [1.82, 2.24) is 19.1 Å². The lowest BCUT2D eigenvalue weighted by Gasteiger charge is -2.22. The van der Waals surface area contributed by atoms with Gasteiger partial charge in [0.1, 0.15) is 0 Å². The second-order valence-electron chi connectivity index (χ2n) is 17.0. The first-order valence-electron chi connectivity index (χ1n) is 21.1. The maximum atomic E-state index is 5.48. The fraction of sp³-hybridized carbons (Fsp3) is 0.0526. The van der Waals surface area contributed by atoms with Crippen LogP contribution < -0.4 is 0 Å². The molecule has 61 heavy (non-hydrogen) atoms. The Bertz CT molecular complexity index is 3790. The molecule has 0 spiro atoms. The largest absolute Gasteiger partial charge is 0.309 e. The molecule has 1 aliphatic rings. The van der Waals surface area contributed by atoms with Crippen LogP contribution in [0.15, 0.2) is 194 Å². The molecular formula is C57H38N4. The van der Waals surface area contributed by atoms with Crippen molar-refractivity contribution >= 4 is 65.3 Å². The van der Waals surface area contributed by atoms with Crippen LogP contribution in [0.25, 0.3) is 110 Å². The summed E-state index contributed by atoms with van der Waals surface area (Å²) < 4.78 is 4.65. The normalized spacial score (nSPS) is 13.2. The van der Waals surface area contributed by atoms with Crippen LogP contribution in [0.1, 0.15) is 25.0 Å². The molecule has 4 heteroatoms. The van der Waals surface area contributed by atoms with Crippen LogP contribution in [0.4, 0.5) is 0 Å². The molecule has 0 unspecified atom stereocenters. The van der Waals surface area contributed by atoms with Crippen LogP contribution >= 0.6 is 0 Å². The fourth-order valence-corrected chi connectivity index (χ4v) is 10.4. The zero-order chi connectivity index (χ0) is 40.4. The van der Waals surface area contributed by atoms with Gasteiger partial charge in [-0.05, 0) is 105 Å². The van der Waals surface area contributed by atoms with Crippen molar-refractivity contribution in [2.45, 2.75) is 19.3 Å². The Kier molecular flexibility index (Phi) is 7.04. The minimum atomic E-state index is -0.116. The number of para-hydroxylation sites is 3. The Morgan fingerprint density at radius 2 is 1.02 bits per heavy atom. The Labute approximate surface area is 352 Å². The van der Waals surface area contributed by atoms with Crippen LogP contribution in [0.2, 0.25) is 0 Å². The number of aromatic nitrogens is 4. The lowest BCUT2D eigenvalue weighted by molar-refractivity contribution is 0.660. The van der Waals surface area contributed by atoms with Gasteiger partial charge in [-0.3, -0.25) is 4.57 Å². The van der Waals surface area contributed by atoms with Gasteiger partial charge in [-0.25, -0.2) is 9.97 Å². The molecular weight excluding hydrogens is 741 g/mol. The van der Waals surface area contributed by atoms with E-state index < -0.39 is 0 Å². The molecule has 3 aromatic heterocycles. The van der Waals surface area contributed by atoms with Crippen LogP contribution in [0.3, 0.4) is 0 Å². The van der Waals surface area contributed by atoms with Gasteiger partial charge in [-0.15, -0.1) is 0 Å². The zero-order valence-corrected chi connectivity index (χ0v) is 33.8. The number of nitrogens with zero attached hydrogens (tertiary/aromatic N) is 4. The second-order valence-corrected chi connectivity index (χ2v) is 17.0. The first-order valence-corrected chi connectivity index (χ1v) is 21.1. The van der Waals surface area contributed by atoms with Crippen molar-refractivity contribution in [2.75, 3.05) is 0 Å². The van der Waals surface area contributed by atoms with Gasteiger partial charge in [0, 0.05) is 43.6 Å². The van der Waals surface area contributed by atoms with E-state index in [0.717, 1.165) is 38.9 Å². The summed E-state index contributed by atoms with van der Waals surface area (Å²) in [5.41, 5.74) is 16.2.